The van der Waals surface area contributed by atoms with Crippen LogP contribution in [0, 0.1) is 11.3 Å². The second-order valence-corrected chi connectivity index (χ2v) is 8.02. The number of hydrogen-bond acceptors (Lipinski definition) is 6. The van der Waals surface area contributed by atoms with Gasteiger partial charge in [-0.1, -0.05) is 60.7 Å². The van der Waals surface area contributed by atoms with Gasteiger partial charge in [0.25, 0.3) is 5.91 Å². The summed E-state index contributed by atoms with van der Waals surface area (Å²) in [5.41, 5.74) is 3.61. The molecule has 0 bridgehead atoms. The predicted molar refractivity (Wildman–Crippen MR) is 121 cm³/mol. The van der Waals surface area contributed by atoms with Crippen LogP contribution < -0.4 is 15.4 Å². The van der Waals surface area contributed by atoms with E-state index in [1.165, 1.54) is 11.3 Å². The fourth-order valence-electron chi connectivity index (χ4n) is 3.84. The van der Waals surface area contributed by atoms with Gasteiger partial charge in [-0.15, -0.1) is 11.3 Å². The van der Waals surface area contributed by atoms with Gasteiger partial charge < -0.3 is 15.4 Å². The molecule has 31 heavy (non-hydrogen) atoms. The molecule has 5 rings (SSSR count). The van der Waals surface area contributed by atoms with Gasteiger partial charge in [0.1, 0.15) is 27.5 Å². The third-order valence-corrected chi connectivity index (χ3v) is 6.25. The number of pyridine rings is 1. The van der Waals surface area contributed by atoms with Gasteiger partial charge in [-0.05, 0) is 18.1 Å². The number of carbonyl (C=O) groups is 1. The number of thiophene rings is 1. The average molecular weight is 427 g/mol. The zero-order valence-electron chi connectivity index (χ0n) is 16.7. The van der Waals surface area contributed by atoms with Crippen LogP contribution >= 0.6 is 11.3 Å². The number of anilines is 1. The van der Waals surface area contributed by atoms with Gasteiger partial charge in [0, 0.05) is 10.9 Å². The highest BCUT2D eigenvalue weighted by Gasteiger charge is 2.32. The molecule has 0 aliphatic carbocycles. The molecule has 3 heterocycles. The zero-order valence-corrected chi connectivity index (χ0v) is 17.5. The lowest BCUT2D eigenvalue weighted by Crippen LogP contribution is -2.37. The maximum atomic E-state index is 13.0. The van der Waals surface area contributed by atoms with Crippen LogP contribution in [0.15, 0.2) is 60.7 Å². The van der Waals surface area contributed by atoms with Gasteiger partial charge in [0.2, 0.25) is 5.88 Å². The van der Waals surface area contributed by atoms with Crippen molar-refractivity contribution in [3.05, 3.63) is 76.7 Å². The van der Waals surface area contributed by atoms with E-state index < -0.39 is 0 Å². The van der Waals surface area contributed by atoms with E-state index in [0.717, 1.165) is 22.1 Å². The van der Waals surface area contributed by atoms with Crippen LogP contribution in [0.25, 0.3) is 21.3 Å². The van der Waals surface area contributed by atoms with Crippen LogP contribution in [-0.4, -0.2) is 17.5 Å². The Balaban J connectivity index is 1.80. The number of rotatable bonds is 4. The lowest BCUT2D eigenvalue weighted by atomic mass is 9.97. The normalized spacial score (nSPS) is 15.0. The third-order valence-electron chi connectivity index (χ3n) is 5.17. The lowest BCUT2D eigenvalue weighted by Gasteiger charge is -2.26. The van der Waals surface area contributed by atoms with Gasteiger partial charge in [-0.25, -0.2) is 4.98 Å². The first-order valence-electron chi connectivity index (χ1n) is 9.92. The highest BCUT2D eigenvalue weighted by molar-refractivity contribution is 7.21. The molecule has 4 aromatic rings. The molecule has 1 atom stereocenters. The SMILES string of the molecule is CCOc1nc2sc3c(c2c(-c2ccccc2)c1C#N)NC(c1ccccc1)NC3=O. The van der Waals surface area contributed by atoms with Crippen molar-refractivity contribution in [3.8, 4) is 23.1 Å². The summed E-state index contributed by atoms with van der Waals surface area (Å²) in [5, 5.41) is 17.3. The number of ether oxygens (including phenoxy) is 1. The van der Waals surface area contributed by atoms with Gasteiger partial charge in [0.15, 0.2) is 0 Å². The molecule has 0 saturated heterocycles. The molecule has 2 aromatic carbocycles. The Bertz CT molecular complexity index is 1330. The van der Waals surface area contributed by atoms with Gasteiger partial charge >= 0.3 is 0 Å². The van der Waals surface area contributed by atoms with Crippen LogP contribution in [0.4, 0.5) is 5.69 Å². The highest BCUT2D eigenvalue weighted by atomic mass is 32.1. The molecule has 6 nitrogen and oxygen atoms in total. The van der Waals surface area contributed by atoms with E-state index >= 15 is 0 Å². The zero-order chi connectivity index (χ0) is 21.4. The first-order valence-corrected chi connectivity index (χ1v) is 10.7. The molecule has 2 aromatic heterocycles. The number of nitriles is 1. The Morgan fingerprint density at radius 1 is 1.10 bits per heavy atom. The van der Waals surface area contributed by atoms with Crippen molar-refractivity contribution in [2.45, 2.75) is 13.1 Å². The second-order valence-electron chi connectivity index (χ2n) is 7.03. The molecular weight excluding hydrogens is 408 g/mol. The molecule has 0 spiro atoms. The van der Waals surface area contributed by atoms with Crippen LogP contribution in [-0.2, 0) is 0 Å². The average Bonchev–Trinajstić information content (AvgIpc) is 3.18. The molecule has 1 unspecified atom stereocenters. The first-order chi connectivity index (χ1) is 15.2. The molecule has 1 aliphatic heterocycles. The number of nitrogens with zero attached hydrogens (tertiary/aromatic N) is 2. The van der Waals surface area contributed by atoms with Crippen molar-refractivity contribution in [2.24, 2.45) is 0 Å². The van der Waals surface area contributed by atoms with Gasteiger partial charge in [-0.2, -0.15) is 5.26 Å². The Morgan fingerprint density at radius 2 is 1.81 bits per heavy atom. The summed E-state index contributed by atoms with van der Waals surface area (Å²) in [6.07, 6.45) is -0.375. The largest absolute Gasteiger partial charge is 0.477 e. The predicted octanol–water partition coefficient (Wildman–Crippen LogP) is 5.09. The minimum atomic E-state index is -0.375. The molecule has 0 radical (unpaired) electrons. The number of nitrogens with one attached hydrogen (secondary N) is 2. The van der Waals surface area contributed by atoms with E-state index in [-0.39, 0.29) is 18.0 Å². The second kappa shape index (κ2) is 7.74. The van der Waals surface area contributed by atoms with Gasteiger partial charge in [-0.3, -0.25) is 4.79 Å². The molecular formula is C24H18N4O2S. The summed E-state index contributed by atoms with van der Waals surface area (Å²) in [6, 6.07) is 21.7. The van der Waals surface area contributed by atoms with E-state index in [2.05, 4.69) is 21.7 Å². The quantitative estimate of drug-likeness (QED) is 0.475. The summed E-state index contributed by atoms with van der Waals surface area (Å²) in [7, 11) is 0. The Hall–Kier alpha value is -3.89. The molecule has 2 N–H and O–H groups in total. The van der Waals surface area contributed by atoms with Crippen molar-refractivity contribution >= 4 is 33.1 Å². The minimum absolute atomic E-state index is 0.166. The summed E-state index contributed by atoms with van der Waals surface area (Å²) in [5.74, 6) is 0.121. The van der Waals surface area contributed by atoms with Crippen molar-refractivity contribution < 1.29 is 9.53 Å². The minimum Gasteiger partial charge on any atom is -0.477 e. The number of carbonyl (C=O) groups excluding carboxylic acids is 1. The van der Waals surface area contributed by atoms with Crippen LogP contribution in [0.2, 0.25) is 0 Å². The summed E-state index contributed by atoms with van der Waals surface area (Å²) in [6.45, 7) is 2.25. The van der Waals surface area contributed by atoms with Gasteiger partial charge in [0.05, 0.1) is 12.3 Å². The van der Waals surface area contributed by atoms with Crippen LogP contribution in [0.3, 0.4) is 0 Å². The number of aromatic nitrogens is 1. The summed E-state index contributed by atoms with van der Waals surface area (Å²) < 4.78 is 5.70. The Labute approximate surface area is 183 Å². The van der Waals surface area contributed by atoms with Crippen molar-refractivity contribution in [1.82, 2.24) is 10.3 Å². The van der Waals surface area contributed by atoms with E-state index in [9.17, 15) is 10.1 Å². The van der Waals surface area contributed by atoms with E-state index in [4.69, 9.17) is 4.74 Å². The van der Waals surface area contributed by atoms with Crippen molar-refractivity contribution in [2.75, 3.05) is 11.9 Å². The van der Waals surface area contributed by atoms with E-state index in [1.54, 1.807) is 0 Å². The van der Waals surface area contributed by atoms with E-state index in [0.29, 0.717) is 27.6 Å². The monoisotopic (exact) mass is 426 g/mol. The molecule has 0 fully saturated rings. The van der Waals surface area contributed by atoms with E-state index in [1.807, 2.05) is 67.6 Å². The van der Waals surface area contributed by atoms with Crippen LogP contribution in [0.1, 0.15) is 33.9 Å². The topological polar surface area (TPSA) is 87.0 Å². The summed E-state index contributed by atoms with van der Waals surface area (Å²) >= 11 is 1.30. The molecule has 1 aliphatic rings. The number of hydrogen-bond donors (Lipinski definition) is 2. The Morgan fingerprint density at radius 3 is 2.48 bits per heavy atom. The highest BCUT2D eigenvalue weighted by Crippen LogP contribution is 2.46. The molecule has 0 saturated carbocycles. The Kier molecular flexibility index (Phi) is 4.77. The number of benzene rings is 2. The molecule has 152 valence electrons. The summed E-state index contributed by atoms with van der Waals surface area (Å²) in [4.78, 5) is 18.8. The standard InChI is InChI=1S/C24H18N4O2S/c1-2-30-23-16(13-25)17(14-9-5-3-6-10-14)18-19-20(31-24(18)28-23)22(29)27-21(26-19)15-11-7-4-8-12-15/h3-12,21,26H,2H2,1H3,(H,27,29). The fraction of sp³-hybridized carbons (Fsp3) is 0.125. The third kappa shape index (κ3) is 3.18. The molecule has 7 heteroatoms. The van der Waals surface area contributed by atoms with Crippen molar-refractivity contribution in [1.29, 1.82) is 5.26 Å². The lowest BCUT2D eigenvalue weighted by molar-refractivity contribution is 0.0940. The number of amides is 1. The maximum Gasteiger partial charge on any atom is 0.265 e. The fourth-order valence-corrected chi connectivity index (χ4v) is 4.88. The molecule has 1 amide bonds. The van der Waals surface area contributed by atoms with Crippen molar-refractivity contribution in [3.63, 3.8) is 0 Å². The smallest absolute Gasteiger partial charge is 0.265 e. The number of fused-ring (bicyclic) bond motifs is 3. The maximum absolute atomic E-state index is 13.0. The van der Waals surface area contributed by atoms with Crippen LogP contribution in [0.5, 0.6) is 5.88 Å². The first kappa shape index (κ1) is 19.1.